The molecule has 0 aromatic heterocycles. The van der Waals surface area contributed by atoms with Gasteiger partial charge in [-0.2, -0.15) is 0 Å². The third-order valence-corrected chi connectivity index (χ3v) is 3.31. The minimum absolute atomic E-state index is 0.271. The molecule has 2 aromatic carbocycles. The zero-order chi connectivity index (χ0) is 16.7. The minimum atomic E-state index is -0.680. The topological polar surface area (TPSA) is 47.6 Å². The molecule has 0 spiro atoms. The molecule has 0 fully saturated rings. The second-order valence-electron chi connectivity index (χ2n) is 4.78. The highest BCUT2D eigenvalue weighted by atomic mass is 35.5. The van der Waals surface area contributed by atoms with Crippen LogP contribution in [0.4, 0.5) is 4.39 Å². The van der Waals surface area contributed by atoms with Gasteiger partial charge in [0.2, 0.25) is 0 Å². The molecule has 0 bridgehead atoms. The van der Waals surface area contributed by atoms with E-state index in [4.69, 9.17) is 21.1 Å². The van der Waals surface area contributed by atoms with Crippen LogP contribution in [-0.2, 0) is 4.79 Å². The Morgan fingerprint density at radius 2 is 1.91 bits per heavy atom. The summed E-state index contributed by atoms with van der Waals surface area (Å²) in [4.78, 5) is 11.9. The molecule has 1 amide bonds. The molecule has 122 valence electrons. The van der Waals surface area contributed by atoms with Crippen molar-refractivity contribution in [1.82, 2.24) is 5.32 Å². The molecule has 0 saturated carbocycles. The normalized spacial score (nSPS) is 11.6. The smallest absolute Gasteiger partial charge is 0.260 e. The highest BCUT2D eigenvalue weighted by Gasteiger charge is 2.15. The standard InChI is InChI=1S/C17H17ClFNO3/c1-12(23-16-5-3-2-4-15(16)18)17(21)20-10-11-22-14-8-6-13(19)7-9-14/h2-9,12H,10-11H2,1H3,(H,20,21)/t12-/m0/s1. The number of ether oxygens (including phenoxy) is 2. The van der Waals surface area contributed by atoms with E-state index < -0.39 is 6.10 Å². The number of carbonyl (C=O) groups is 1. The molecule has 23 heavy (non-hydrogen) atoms. The van der Waals surface area contributed by atoms with Crippen LogP contribution in [0, 0.1) is 5.82 Å². The summed E-state index contributed by atoms with van der Waals surface area (Å²) in [6.45, 7) is 2.22. The number of rotatable bonds is 7. The first-order valence-electron chi connectivity index (χ1n) is 7.13. The van der Waals surface area contributed by atoms with Gasteiger partial charge in [0.05, 0.1) is 11.6 Å². The van der Waals surface area contributed by atoms with E-state index in [1.807, 2.05) is 0 Å². The van der Waals surface area contributed by atoms with Crippen LogP contribution in [0.15, 0.2) is 48.5 Å². The lowest BCUT2D eigenvalue weighted by atomic mass is 10.3. The zero-order valence-electron chi connectivity index (χ0n) is 12.6. The first-order valence-corrected chi connectivity index (χ1v) is 7.51. The monoisotopic (exact) mass is 337 g/mol. The average Bonchev–Trinajstić information content (AvgIpc) is 2.55. The van der Waals surface area contributed by atoms with Crippen molar-refractivity contribution in [3.63, 3.8) is 0 Å². The SMILES string of the molecule is C[C@H](Oc1ccccc1Cl)C(=O)NCCOc1ccc(F)cc1. The summed E-state index contributed by atoms with van der Waals surface area (Å²) >= 11 is 5.98. The Bertz CT molecular complexity index is 649. The summed E-state index contributed by atoms with van der Waals surface area (Å²) in [5.74, 6) is 0.407. The third kappa shape index (κ3) is 5.45. The van der Waals surface area contributed by atoms with Crippen molar-refractivity contribution < 1.29 is 18.7 Å². The molecular formula is C17H17ClFNO3. The Kier molecular flexibility index (Phi) is 6.23. The molecule has 0 aliphatic carbocycles. The van der Waals surface area contributed by atoms with Gasteiger partial charge in [-0.15, -0.1) is 0 Å². The van der Waals surface area contributed by atoms with Crippen molar-refractivity contribution in [1.29, 1.82) is 0 Å². The number of amides is 1. The summed E-state index contributed by atoms with van der Waals surface area (Å²) in [5.41, 5.74) is 0. The lowest BCUT2D eigenvalue weighted by Crippen LogP contribution is -2.38. The van der Waals surface area contributed by atoms with Crippen LogP contribution in [0.1, 0.15) is 6.92 Å². The quantitative estimate of drug-likeness (QED) is 0.787. The molecule has 4 nitrogen and oxygen atoms in total. The van der Waals surface area contributed by atoms with Crippen molar-refractivity contribution in [3.05, 3.63) is 59.4 Å². The summed E-state index contributed by atoms with van der Waals surface area (Å²) in [6, 6.07) is 12.6. The molecule has 1 N–H and O–H groups in total. The second-order valence-corrected chi connectivity index (χ2v) is 5.19. The van der Waals surface area contributed by atoms with Gasteiger partial charge in [-0.1, -0.05) is 23.7 Å². The maximum atomic E-state index is 12.7. The first-order chi connectivity index (χ1) is 11.1. The van der Waals surface area contributed by atoms with Crippen molar-refractivity contribution in [2.45, 2.75) is 13.0 Å². The van der Waals surface area contributed by atoms with Gasteiger partial charge in [0.1, 0.15) is 23.9 Å². The number of para-hydroxylation sites is 1. The molecule has 0 unspecified atom stereocenters. The first kappa shape index (κ1) is 17.1. The van der Waals surface area contributed by atoms with E-state index in [1.165, 1.54) is 24.3 Å². The van der Waals surface area contributed by atoms with Gasteiger partial charge in [-0.25, -0.2) is 4.39 Å². The number of hydrogen-bond acceptors (Lipinski definition) is 3. The summed E-state index contributed by atoms with van der Waals surface area (Å²) in [7, 11) is 0. The Morgan fingerprint density at radius 3 is 2.61 bits per heavy atom. The molecule has 1 atom stereocenters. The lowest BCUT2D eigenvalue weighted by molar-refractivity contribution is -0.127. The van der Waals surface area contributed by atoms with E-state index >= 15 is 0 Å². The van der Waals surface area contributed by atoms with Gasteiger partial charge < -0.3 is 14.8 Å². The van der Waals surface area contributed by atoms with E-state index in [0.717, 1.165) is 0 Å². The average molecular weight is 338 g/mol. The number of hydrogen-bond donors (Lipinski definition) is 1. The molecule has 2 rings (SSSR count). The van der Waals surface area contributed by atoms with E-state index in [-0.39, 0.29) is 18.3 Å². The van der Waals surface area contributed by atoms with Crippen LogP contribution in [-0.4, -0.2) is 25.2 Å². The van der Waals surface area contributed by atoms with E-state index in [1.54, 1.807) is 31.2 Å². The number of carbonyl (C=O) groups excluding carboxylic acids is 1. The van der Waals surface area contributed by atoms with E-state index in [0.29, 0.717) is 23.1 Å². The van der Waals surface area contributed by atoms with Crippen molar-refractivity contribution in [2.75, 3.05) is 13.2 Å². The van der Waals surface area contributed by atoms with Crippen LogP contribution < -0.4 is 14.8 Å². The van der Waals surface area contributed by atoms with E-state index in [9.17, 15) is 9.18 Å². The minimum Gasteiger partial charge on any atom is -0.492 e. The van der Waals surface area contributed by atoms with Gasteiger partial charge in [0, 0.05) is 0 Å². The summed E-state index contributed by atoms with van der Waals surface area (Å²) in [5, 5.41) is 3.15. The van der Waals surface area contributed by atoms with Crippen molar-refractivity contribution in [2.24, 2.45) is 0 Å². The third-order valence-electron chi connectivity index (χ3n) is 2.99. The fourth-order valence-electron chi connectivity index (χ4n) is 1.80. The molecule has 0 aliphatic heterocycles. The molecule has 0 saturated heterocycles. The second kappa shape index (κ2) is 8.39. The molecule has 0 aliphatic rings. The Balaban J connectivity index is 1.72. The van der Waals surface area contributed by atoms with Crippen molar-refractivity contribution in [3.8, 4) is 11.5 Å². The molecular weight excluding hydrogens is 321 g/mol. The van der Waals surface area contributed by atoms with Crippen LogP contribution >= 0.6 is 11.6 Å². The largest absolute Gasteiger partial charge is 0.492 e. The van der Waals surface area contributed by atoms with Crippen molar-refractivity contribution >= 4 is 17.5 Å². The summed E-state index contributed by atoms with van der Waals surface area (Å²) < 4.78 is 23.6. The molecule has 0 radical (unpaired) electrons. The van der Waals surface area contributed by atoms with E-state index in [2.05, 4.69) is 5.32 Å². The van der Waals surface area contributed by atoms with Crippen LogP contribution in [0.5, 0.6) is 11.5 Å². The van der Waals surface area contributed by atoms with Gasteiger partial charge in [-0.05, 0) is 43.3 Å². The maximum Gasteiger partial charge on any atom is 0.260 e. The van der Waals surface area contributed by atoms with Gasteiger partial charge in [-0.3, -0.25) is 4.79 Å². The highest BCUT2D eigenvalue weighted by Crippen LogP contribution is 2.24. The van der Waals surface area contributed by atoms with Gasteiger partial charge in [0.25, 0.3) is 5.91 Å². The summed E-state index contributed by atoms with van der Waals surface area (Å²) in [6.07, 6.45) is -0.680. The molecule has 2 aromatic rings. The number of halogens is 2. The zero-order valence-corrected chi connectivity index (χ0v) is 13.3. The lowest BCUT2D eigenvalue weighted by Gasteiger charge is -2.15. The Morgan fingerprint density at radius 1 is 1.22 bits per heavy atom. The van der Waals surface area contributed by atoms with Gasteiger partial charge >= 0.3 is 0 Å². The van der Waals surface area contributed by atoms with Gasteiger partial charge in [0.15, 0.2) is 6.10 Å². The Hall–Kier alpha value is -2.27. The maximum absolute atomic E-state index is 12.7. The molecule has 0 heterocycles. The van der Waals surface area contributed by atoms with Crippen LogP contribution in [0.3, 0.4) is 0 Å². The fourth-order valence-corrected chi connectivity index (χ4v) is 1.98. The van der Waals surface area contributed by atoms with Crippen LogP contribution in [0.2, 0.25) is 5.02 Å². The highest BCUT2D eigenvalue weighted by molar-refractivity contribution is 6.32. The number of nitrogens with one attached hydrogen (secondary N) is 1. The fraction of sp³-hybridized carbons (Fsp3) is 0.235. The number of benzene rings is 2. The van der Waals surface area contributed by atoms with Crippen LogP contribution in [0.25, 0.3) is 0 Å². The predicted molar refractivity (Wildman–Crippen MR) is 86.4 cm³/mol. The predicted octanol–water partition coefficient (Wildman–Crippen LogP) is 3.44. The Labute approximate surface area is 139 Å². The molecule has 6 heteroatoms.